The van der Waals surface area contributed by atoms with Crippen LogP contribution in [0.25, 0.3) is 0 Å². The standard InChI is InChI=1S/C21H17ClF3N3O/c1-13-19-17(28(12-26-19)14-6-3-2-4-7-14)10-11-27(13)20(29)15-8-5-9-16(18(15)22)21(23,24)25/h2-11,13,26H,12H2,1H3. The van der Waals surface area contributed by atoms with Crippen molar-refractivity contribution in [3.63, 3.8) is 0 Å². The quantitative estimate of drug-likeness (QED) is 0.744. The van der Waals surface area contributed by atoms with Crippen LogP contribution in [0.3, 0.4) is 0 Å². The van der Waals surface area contributed by atoms with Crippen LogP contribution < -0.4 is 10.2 Å². The lowest BCUT2D eigenvalue weighted by Gasteiger charge is -2.31. The molecule has 1 amide bonds. The van der Waals surface area contributed by atoms with E-state index in [2.05, 4.69) is 10.2 Å². The number of nitrogens with zero attached hydrogens (tertiary/aromatic N) is 2. The first-order chi connectivity index (χ1) is 13.8. The van der Waals surface area contributed by atoms with Crippen molar-refractivity contribution in [1.29, 1.82) is 0 Å². The number of anilines is 1. The highest BCUT2D eigenvalue weighted by molar-refractivity contribution is 6.34. The van der Waals surface area contributed by atoms with Gasteiger partial charge in [-0.05, 0) is 37.3 Å². The summed E-state index contributed by atoms with van der Waals surface area (Å²) >= 11 is 5.94. The Morgan fingerprint density at radius 2 is 1.86 bits per heavy atom. The molecule has 0 saturated heterocycles. The molecule has 29 heavy (non-hydrogen) atoms. The lowest BCUT2D eigenvalue weighted by molar-refractivity contribution is -0.137. The van der Waals surface area contributed by atoms with Crippen molar-refractivity contribution < 1.29 is 18.0 Å². The van der Waals surface area contributed by atoms with Crippen LogP contribution >= 0.6 is 11.6 Å². The van der Waals surface area contributed by atoms with Crippen LogP contribution in [0.15, 0.2) is 72.2 Å². The summed E-state index contributed by atoms with van der Waals surface area (Å²) in [5.74, 6) is -0.587. The van der Waals surface area contributed by atoms with Gasteiger partial charge in [0.1, 0.15) is 0 Å². The summed E-state index contributed by atoms with van der Waals surface area (Å²) in [6, 6.07) is 12.8. The number of benzene rings is 2. The zero-order chi connectivity index (χ0) is 20.8. The fraction of sp³-hybridized carbons (Fsp3) is 0.190. The zero-order valence-corrected chi connectivity index (χ0v) is 16.1. The van der Waals surface area contributed by atoms with Crippen molar-refractivity contribution in [3.8, 4) is 0 Å². The highest BCUT2D eigenvalue weighted by atomic mass is 35.5. The van der Waals surface area contributed by atoms with Gasteiger partial charge in [0.15, 0.2) is 0 Å². The zero-order valence-electron chi connectivity index (χ0n) is 15.4. The number of amides is 1. The maximum Gasteiger partial charge on any atom is 0.417 e. The minimum absolute atomic E-state index is 0.181. The molecule has 8 heteroatoms. The summed E-state index contributed by atoms with van der Waals surface area (Å²) in [6.45, 7) is 2.36. The number of hydrogen-bond donors (Lipinski definition) is 1. The Balaban J connectivity index is 1.63. The molecule has 150 valence electrons. The largest absolute Gasteiger partial charge is 0.417 e. The number of para-hydroxylation sites is 1. The number of rotatable bonds is 2. The van der Waals surface area contributed by atoms with E-state index in [1.54, 1.807) is 12.3 Å². The summed E-state index contributed by atoms with van der Waals surface area (Å²) in [5.41, 5.74) is 1.55. The molecule has 2 aromatic carbocycles. The number of allylic oxidation sites excluding steroid dienone is 1. The third kappa shape index (κ3) is 3.35. The molecule has 2 aromatic rings. The second-order valence-electron chi connectivity index (χ2n) is 6.77. The van der Waals surface area contributed by atoms with Gasteiger partial charge in [-0.1, -0.05) is 35.9 Å². The Bertz CT molecular complexity index is 1020. The summed E-state index contributed by atoms with van der Waals surface area (Å²) < 4.78 is 39.4. The molecule has 0 saturated carbocycles. The van der Waals surface area contributed by atoms with Crippen LogP contribution in [-0.2, 0) is 6.18 Å². The SMILES string of the molecule is CC1C2=C(C=CN1C(=O)c1cccc(C(F)(F)F)c1Cl)N(c1ccccc1)CN2. The van der Waals surface area contributed by atoms with E-state index < -0.39 is 22.7 Å². The highest BCUT2D eigenvalue weighted by Crippen LogP contribution is 2.37. The molecular weight excluding hydrogens is 403 g/mol. The second kappa shape index (κ2) is 7.15. The van der Waals surface area contributed by atoms with Crippen molar-refractivity contribution in [2.24, 2.45) is 0 Å². The number of nitrogens with one attached hydrogen (secondary N) is 1. The Hall–Kier alpha value is -2.93. The van der Waals surface area contributed by atoms with Crippen molar-refractivity contribution in [1.82, 2.24) is 10.2 Å². The van der Waals surface area contributed by atoms with Gasteiger partial charge in [0.25, 0.3) is 5.91 Å². The first-order valence-corrected chi connectivity index (χ1v) is 9.34. The number of alkyl halides is 3. The molecule has 2 aliphatic heterocycles. The molecular formula is C21H17ClF3N3O. The molecule has 0 fully saturated rings. The van der Waals surface area contributed by atoms with Gasteiger partial charge in [-0.3, -0.25) is 4.79 Å². The van der Waals surface area contributed by atoms with Gasteiger partial charge in [0.2, 0.25) is 0 Å². The molecule has 4 rings (SSSR count). The maximum absolute atomic E-state index is 13.1. The molecule has 0 radical (unpaired) electrons. The van der Waals surface area contributed by atoms with Gasteiger partial charge in [0.05, 0.1) is 40.3 Å². The number of halogens is 4. The molecule has 1 N–H and O–H groups in total. The molecule has 0 spiro atoms. The Morgan fingerprint density at radius 1 is 1.14 bits per heavy atom. The Labute approximate surface area is 170 Å². The monoisotopic (exact) mass is 419 g/mol. The molecule has 0 aromatic heterocycles. The summed E-state index contributed by atoms with van der Waals surface area (Å²) in [5, 5.41) is 2.70. The summed E-state index contributed by atoms with van der Waals surface area (Å²) in [7, 11) is 0. The smallest absolute Gasteiger partial charge is 0.367 e. The fourth-order valence-corrected chi connectivity index (χ4v) is 3.90. The van der Waals surface area contributed by atoms with Crippen LogP contribution in [0.4, 0.5) is 18.9 Å². The first-order valence-electron chi connectivity index (χ1n) is 8.96. The van der Waals surface area contributed by atoms with Gasteiger partial charge < -0.3 is 15.1 Å². The lowest BCUT2D eigenvalue weighted by atomic mass is 10.0. The van der Waals surface area contributed by atoms with Gasteiger partial charge in [-0.2, -0.15) is 13.2 Å². The minimum Gasteiger partial charge on any atom is -0.367 e. The second-order valence-corrected chi connectivity index (χ2v) is 7.14. The van der Waals surface area contributed by atoms with Gasteiger partial charge in [-0.25, -0.2) is 0 Å². The number of carbonyl (C=O) groups is 1. The first kappa shape index (κ1) is 19.4. The van der Waals surface area contributed by atoms with E-state index in [9.17, 15) is 18.0 Å². The average Bonchev–Trinajstić information content (AvgIpc) is 3.13. The van der Waals surface area contributed by atoms with Crippen LogP contribution in [0.1, 0.15) is 22.8 Å². The topological polar surface area (TPSA) is 35.6 Å². The fourth-order valence-electron chi connectivity index (χ4n) is 3.58. The molecule has 1 unspecified atom stereocenters. The predicted molar refractivity (Wildman–Crippen MR) is 105 cm³/mol. The number of carbonyl (C=O) groups excluding carboxylic acids is 1. The van der Waals surface area contributed by atoms with Crippen LogP contribution in [0.5, 0.6) is 0 Å². The maximum atomic E-state index is 13.1. The van der Waals surface area contributed by atoms with Crippen molar-refractivity contribution in [2.75, 3.05) is 11.6 Å². The average molecular weight is 420 g/mol. The van der Waals surface area contributed by atoms with Crippen molar-refractivity contribution in [3.05, 3.63) is 88.4 Å². The van der Waals surface area contributed by atoms with E-state index in [0.717, 1.165) is 23.1 Å². The highest BCUT2D eigenvalue weighted by Gasteiger charge is 2.37. The van der Waals surface area contributed by atoms with Crippen LogP contribution in [-0.4, -0.2) is 23.5 Å². The van der Waals surface area contributed by atoms with E-state index in [0.29, 0.717) is 6.67 Å². The van der Waals surface area contributed by atoms with Gasteiger partial charge in [0, 0.05) is 11.9 Å². The van der Waals surface area contributed by atoms with E-state index in [-0.39, 0.29) is 11.6 Å². The molecule has 2 aliphatic rings. The molecule has 1 atom stereocenters. The van der Waals surface area contributed by atoms with Crippen LogP contribution in [0, 0.1) is 0 Å². The van der Waals surface area contributed by atoms with E-state index in [1.807, 2.05) is 37.3 Å². The van der Waals surface area contributed by atoms with Gasteiger partial charge >= 0.3 is 6.18 Å². The van der Waals surface area contributed by atoms with Gasteiger partial charge in [-0.15, -0.1) is 0 Å². The van der Waals surface area contributed by atoms with Crippen molar-refractivity contribution >= 4 is 23.2 Å². The Kier molecular flexibility index (Phi) is 4.78. The summed E-state index contributed by atoms with van der Waals surface area (Å²) in [4.78, 5) is 16.5. The third-order valence-electron chi connectivity index (χ3n) is 5.06. The predicted octanol–water partition coefficient (Wildman–Crippen LogP) is 5.00. The van der Waals surface area contributed by atoms with Crippen LogP contribution in [0.2, 0.25) is 5.02 Å². The molecule has 0 bridgehead atoms. The Morgan fingerprint density at radius 3 is 2.55 bits per heavy atom. The third-order valence-corrected chi connectivity index (χ3v) is 5.47. The number of hydrogen-bond acceptors (Lipinski definition) is 3. The normalized spacial score (nSPS) is 18.7. The summed E-state index contributed by atoms with van der Waals surface area (Å²) in [6.07, 6.45) is -1.26. The lowest BCUT2D eigenvalue weighted by Crippen LogP contribution is -2.40. The van der Waals surface area contributed by atoms with Crippen molar-refractivity contribution in [2.45, 2.75) is 19.1 Å². The van der Waals surface area contributed by atoms with E-state index in [1.165, 1.54) is 17.0 Å². The molecule has 2 heterocycles. The molecule has 0 aliphatic carbocycles. The minimum atomic E-state index is -4.63. The van der Waals surface area contributed by atoms with E-state index in [4.69, 9.17) is 11.6 Å². The van der Waals surface area contributed by atoms with E-state index >= 15 is 0 Å². The molecule has 4 nitrogen and oxygen atoms in total.